The molecule has 0 heterocycles. The summed E-state index contributed by atoms with van der Waals surface area (Å²) in [6.07, 6.45) is 0. The fourth-order valence-corrected chi connectivity index (χ4v) is 3.04. The van der Waals surface area contributed by atoms with Gasteiger partial charge in [-0.2, -0.15) is 0 Å². The van der Waals surface area contributed by atoms with Crippen LogP contribution in [0.5, 0.6) is 0 Å². The molecule has 29 heavy (non-hydrogen) atoms. The molecule has 0 aliphatic heterocycles. The highest BCUT2D eigenvalue weighted by atomic mass is 19.1. The number of halogens is 2. The van der Waals surface area contributed by atoms with Crippen LogP contribution in [0.15, 0.2) is 48.5 Å². The zero-order chi connectivity index (χ0) is 21.6. The average Bonchev–Trinajstić information content (AvgIpc) is 2.66. The van der Waals surface area contributed by atoms with Gasteiger partial charge in [0.2, 0.25) is 5.91 Å². The summed E-state index contributed by atoms with van der Waals surface area (Å²) >= 11 is 0. The molecule has 0 aliphatic rings. The molecule has 7 heteroatoms. The summed E-state index contributed by atoms with van der Waals surface area (Å²) in [4.78, 5) is 27.1. The van der Waals surface area contributed by atoms with Crippen LogP contribution >= 0.6 is 0 Å². The Balaban J connectivity index is 2.10. The topological polar surface area (TPSA) is 61.4 Å². The molecule has 2 N–H and O–H groups in total. The van der Waals surface area contributed by atoms with Crippen molar-refractivity contribution in [1.29, 1.82) is 0 Å². The fraction of sp³-hybridized carbons (Fsp3) is 0.364. The van der Waals surface area contributed by atoms with Crippen LogP contribution in [0.25, 0.3) is 0 Å². The van der Waals surface area contributed by atoms with E-state index in [0.29, 0.717) is 6.54 Å². The van der Waals surface area contributed by atoms with Crippen LogP contribution in [0, 0.1) is 17.6 Å². The molecular formula is C22H27F2N3O2. The van der Waals surface area contributed by atoms with Crippen molar-refractivity contribution in [3.8, 4) is 0 Å². The monoisotopic (exact) mass is 403 g/mol. The van der Waals surface area contributed by atoms with Gasteiger partial charge in [-0.3, -0.25) is 9.59 Å². The molecule has 0 saturated carbocycles. The number of hydrogen-bond acceptors (Lipinski definition) is 3. The number of benzene rings is 2. The predicted molar refractivity (Wildman–Crippen MR) is 108 cm³/mol. The van der Waals surface area contributed by atoms with Crippen molar-refractivity contribution >= 4 is 11.8 Å². The second-order valence-corrected chi connectivity index (χ2v) is 7.43. The summed E-state index contributed by atoms with van der Waals surface area (Å²) in [6.45, 7) is 3.83. The van der Waals surface area contributed by atoms with E-state index in [1.54, 1.807) is 13.8 Å². The van der Waals surface area contributed by atoms with Gasteiger partial charge in [0.1, 0.15) is 23.2 Å². The molecule has 2 amide bonds. The number of nitrogens with one attached hydrogen (secondary N) is 2. The van der Waals surface area contributed by atoms with Gasteiger partial charge >= 0.3 is 0 Å². The average molecular weight is 403 g/mol. The second kappa shape index (κ2) is 10.1. The summed E-state index contributed by atoms with van der Waals surface area (Å²) in [7, 11) is 3.82. The quantitative estimate of drug-likeness (QED) is 0.712. The highest BCUT2D eigenvalue weighted by Gasteiger charge is 2.28. The van der Waals surface area contributed by atoms with Crippen molar-refractivity contribution in [3.05, 3.63) is 71.3 Å². The Kier molecular flexibility index (Phi) is 7.84. The summed E-state index contributed by atoms with van der Waals surface area (Å²) in [5, 5.41) is 5.31. The molecule has 0 bridgehead atoms. The van der Waals surface area contributed by atoms with Crippen LogP contribution in [0.3, 0.4) is 0 Å². The minimum Gasteiger partial charge on any atom is -0.352 e. The summed E-state index contributed by atoms with van der Waals surface area (Å²) in [5.74, 6) is -3.58. The van der Waals surface area contributed by atoms with E-state index < -0.39 is 35.1 Å². The van der Waals surface area contributed by atoms with Gasteiger partial charge in [0, 0.05) is 6.54 Å². The molecule has 0 aromatic heterocycles. The second-order valence-electron chi connectivity index (χ2n) is 7.43. The van der Waals surface area contributed by atoms with Crippen molar-refractivity contribution in [2.24, 2.45) is 5.92 Å². The summed E-state index contributed by atoms with van der Waals surface area (Å²) in [5.41, 5.74) is 0.345. The molecule has 0 spiro atoms. The van der Waals surface area contributed by atoms with Crippen molar-refractivity contribution < 1.29 is 18.4 Å². The molecule has 0 fully saturated rings. The van der Waals surface area contributed by atoms with Crippen LogP contribution in [0.2, 0.25) is 0 Å². The van der Waals surface area contributed by atoms with Crippen LogP contribution in [0.4, 0.5) is 8.78 Å². The van der Waals surface area contributed by atoms with Crippen LogP contribution < -0.4 is 10.6 Å². The third-order valence-electron chi connectivity index (χ3n) is 4.70. The SMILES string of the molecule is CC(C)[C@@H](NC(=O)c1c(F)cccc1F)C(=O)NC[C@@H](c1ccccc1)N(C)C. The van der Waals surface area contributed by atoms with Crippen molar-refractivity contribution in [3.63, 3.8) is 0 Å². The van der Waals surface area contributed by atoms with Crippen LogP contribution in [-0.2, 0) is 4.79 Å². The number of nitrogens with zero attached hydrogens (tertiary/aromatic N) is 1. The van der Waals surface area contributed by atoms with Gasteiger partial charge in [0.05, 0.1) is 6.04 Å². The zero-order valence-corrected chi connectivity index (χ0v) is 17.1. The lowest BCUT2D eigenvalue weighted by Crippen LogP contribution is -2.51. The van der Waals surface area contributed by atoms with Gasteiger partial charge in [0.25, 0.3) is 5.91 Å². The lowest BCUT2D eigenvalue weighted by atomic mass is 10.0. The van der Waals surface area contributed by atoms with Crippen molar-refractivity contribution in [2.75, 3.05) is 20.6 Å². The van der Waals surface area contributed by atoms with Crippen LogP contribution in [0.1, 0.15) is 35.8 Å². The molecule has 2 aromatic carbocycles. The van der Waals surface area contributed by atoms with Gasteiger partial charge in [-0.15, -0.1) is 0 Å². The van der Waals surface area contributed by atoms with E-state index in [-0.39, 0.29) is 12.0 Å². The number of rotatable bonds is 8. The molecular weight excluding hydrogens is 376 g/mol. The first-order chi connectivity index (χ1) is 13.7. The van der Waals surface area contributed by atoms with Gasteiger partial charge in [-0.1, -0.05) is 50.2 Å². The van der Waals surface area contributed by atoms with Gasteiger partial charge in [0.15, 0.2) is 0 Å². The first-order valence-electron chi connectivity index (χ1n) is 9.46. The molecule has 0 radical (unpaired) electrons. The molecule has 2 atom stereocenters. The summed E-state index contributed by atoms with van der Waals surface area (Å²) < 4.78 is 27.8. The standard InChI is InChI=1S/C22H27F2N3O2/c1-14(2)20(26-21(28)19-16(23)11-8-12-17(19)24)22(29)25-13-18(27(3)4)15-9-6-5-7-10-15/h5-12,14,18,20H,13H2,1-4H3,(H,25,29)(H,26,28)/t18-,20+/m0/s1. The third-order valence-corrected chi connectivity index (χ3v) is 4.70. The van der Waals surface area contributed by atoms with E-state index in [2.05, 4.69) is 10.6 Å². The fourth-order valence-electron chi connectivity index (χ4n) is 3.04. The summed E-state index contributed by atoms with van der Waals surface area (Å²) in [6, 6.07) is 11.9. The molecule has 0 saturated heterocycles. The maximum Gasteiger partial charge on any atom is 0.257 e. The molecule has 0 unspecified atom stereocenters. The molecule has 2 aromatic rings. The normalized spacial score (nSPS) is 13.2. The van der Waals surface area contributed by atoms with Gasteiger partial charge in [-0.05, 0) is 37.7 Å². The molecule has 156 valence electrons. The van der Waals surface area contributed by atoms with Crippen molar-refractivity contribution in [1.82, 2.24) is 15.5 Å². The van der Waals surface area contributed by atoms with E-state index in [0.717, 1.165) is 17.7 Å². The minimum atomic E-state index is -0.970. The number of carbonyl (C=O) groups excluding carboxylic acids is 2. The Bertz CT molecular complexity index is 821. The van der Waals surface area contributed by atoms with Crippen LogP contribution in [-0.4, -0.2) is 43.4 Å². The Morgan fingerprint density at radius 1 is 0.966 bits per heavy atom. The lowest BCUT2D eigenvalue weighted by molar-refractivity contribution is -0.124. The maximum atomic E-state index is 13.9. The number of likely N-dealkylation sites (N-methyl/N-ethyl adjacent to an activating group) is 1. The number of amides is 2. The Morgan fingerprint density at radius 3 is 2.07 bits per heavy atom. The molecule has 0 aliphatic carbocycles. The first-order valence-corrected chi connectivity index (χ1v) is 9.46. The minimum absolute atomic E-state index is 0.0623. The third kappa shape index (κ3) is 5.84. The van der Waals surface area contributed by atoms with Crippen molar-refractivity contribution in [2.45, 2.75) is 25.9 Å². The van der Waals surface area contributed by atoms with Gasteiger partial charge < -0.3 is 15.5 Å². The van der Waals surface area contributed by atoms with E-state index in [4.69, 9.17) is 0 Å². The van der Waals surface area contributed by atoms with E-state index in [1.807, 2.05) is 49.3 Å². The number of carbonyl (C=O) groups is 2. The Hall–Kier alpha value is -2.80. The largest absolute Gasteiger partial charge is 0.352 e. The Labute approximate surface area is 170 Å². The zero-order valence-electron chi connectivity index (χ0n) is 17.1. The Morgan fingerprint density at radius 2 is 1.55 bits per heavy atom. The first kappa shape index (κ1) is 22.5. The number of hydrogen-bond donors (Lipinski definition) is 2. The lowest BCUT2D eigenvalue weighted by Gasteiger charge is -2.27. The maximum absolute atomic E-state index is 13.9. The van der Waals surface area contributed by atoms with E-state index in [9.17, 15) is 18.4 Å². The molecule has 2 rings (SSSR count). The van der Waals surface area contributed by atoms with Gasteiger partial charge in [-0.25, -0.2) is 8.78 Å². The van der Waals surface area contributed by atoms with E-state index >= 15 is 0 Å². The highest BCUT2D eigenvalue weighted by molar-refractivity contribution is 5.98. The van der Waals surface area contributed by atoms with E-state index in [1.165, 1.54) is 6.07 Å². The highest BCUT2D eigenvalue weighted by Crippen LogP contribution is 2.17. The predicted octanol–water partition coefficient (Wildman–Crippen LogP) is 3.14. The molecule has 5 nitrogen and oxygen atoms in total. The smallest absolute Gasteiger partial charge is 0.257 e.